The van der Waals surface area contributed by atoms with Gasteiger partial charge in [0.25, 0.3) is 0 Å². The van der Waals surface area contributed by atoms with Crippen molar-refractivity contribution in [2.45, 2.75) is 25.9 Å². The van der Waals surface area contributed by atoms with Crippen LogP contribution in [0.4, 0.5) is 5.69 Å². The number of nitrogens with zero attached hydrogens (tertiary/aromatic N) is 5. The molecule has 2 aliphatic rings. The van der Waals surface area contributed by atoms with Crippen molar-refractivity contribution >= 4 is 5.69 Å². The van der Waals surface area contributed by atoms with Crippen LogP contribution in [-0.4, -0.2) is 45.2 Å². The van der Waals surface area contributed by atoms with Crippen molar-refractivity contribution in [1.82, 2.24) is 19.4 Å². The minimum Gasteiger partial charge on any atom is -0.354 e. The number of likely N-dealkylation sites (tertiary alicyclic amines) is 1. The lowest BCUT2D eigenvalue weighted by Gasteiger charge is -2.27. The summed E-state index contributed by atoms with van der Waals surface area (Å²) in [4.78, 5) is 11.9. The van der Waals surface area contributed by atoms with Gasteiger partial charge in [-0.3, -0.25) is 4.90 Å². The summed E-state index contributed by atoms with van der Waals surface area (Å²) in [6, 6.07) is 17.9. The Morgan fingerprint density at radius 2 is 1.90 bits per heavy atom. The number of aromatic nitrogens is 2. The number of rotatable bonds is 5. The summed E-state index contributed by atoms with van der Waals surface area (Å²) < 4.78 is 2.12. The van der Waals surface area contributed by atoms with Gasteiger partial charge in [-0.2, -0.15) is 0 Å². The SMILES string of the molecule is Cc1cc(-c2ccccc2)ccc1N1C=CN([C@@H]2CCN(Cc3nccn3C)C2)C1. The molecule has 2 aromatic carbocycles. The van der Waals surface area contributed by atoms with Crippen LogP contribution in [0.2, 0.25) is 0 Å². The van der Waals surface area contributed by atoms with E-state index in [-0.39, 0.29) is 0 Å². The van der Waals surface area contributed by atoms with Crippen molar-refractivity contribution in [1.29, 1.82) is 0 Å². The van der Waals surface area contributed by atoms with Gasteiger partial charge in [0.2, 0.25) is 0 Å². The summed E-state index contributed by atoms with van der Waals surface area (Å²) in [6.45, 7) is 6.29. The molecule has 5 rings (SSSR count). The zero-order chi connectivity index (χ0) is 20.5. The van der Waals surface area contributed by atoms with Crippen molar-refractivity contribution in [2.24, 2.45) is 7.05 Å². The van der Waals surface area contributed by atoms with E-state index in [0.29, 0.717) is 6.04 Å². The second-order valence-corrected chi connectivity index (χ2v) is 8.42. The lowest BCUT2D eigenvalue weighted by atomic mass is 10.0. The van der Waals surface area contributed by atoms with Gasteiger partial charge < -0.3 is 14.4 Å². The zero-order valence-electron chi connectivity index (χ0n) is 17.8. The quantitative estimate of drug-likeness (QED) is 0.642. The summed E-state index contributed by atoms with van der Waals surface area (Å²) >= 11 is 0. The van der Waals surface area contributed by atoms with Gasteiger partial charge in [-0.15, -0.1) is 0 Å². The number of anilines is 1. The smallest absolute Gasteiger partial charge is 0.122 e. The first-order chi connectivity index (χ1) is 14.7. The van der Waals surface area contributed by atoms with Gasteiger partial charge >= 0.3 is 0 Å². The molecular weight excluding hydrogens is 370 g/mol. The van der Waals surface area contributed by atoms with Gasteiger partial charge in [0, 0.05) is 56.7 Å². The first-order valence-electron chi connectivity index (χ1n) is 10.7. The van der Waals surface area contributed by atoms with Gasteiger partial charge in [-0.05, 0) is 42.2 Å². The molecule has 0 spiro atoms. The highest BCUT2D eigenvalue weighted by Crippen LogP contribution is 2.30. The number of hydrogen-bond acceptors (Lipinski definition) is 4. The highest BCUT2D eigenvalue weighted by molar-refractivity contribution is 5.69. The van der Waals surface area contributed by atoms with Crippen LogP contribution >= 0.6 is 0 Å². The van der Waals surface area contributed by atoms with Crippen molar-refractivity contribution in [3.63, 3.8) is 0 Å². The van der Waals surface area contributed by atoms with Crippen LogP contribution < -0.4 is 4.90 Å². The lowest BCUT2D eigenvalue weighted by Crippen LogP contribution is -2.36. The monoisotopic (exact) mass is 399 g/mol. The molecule has 1 fully saturated rings. The Morgan fingerprint density at radius 1 is 1.03 bits per heavy atom. The third kappa shape index (κ3) is 3.73. The minimum atomic E-state index is 0.565. The van der Waals surface area contributed by atoms with Gasteiger partial charge in [0.05, 0.1) is 13.2 Å². The first-order valence-corrected chi connectivity index (χ1v) is 10.7. The first kappa shape index (κ1) is 18.9. The molecule has 0 amide bonds. The van der Waals surface area contributed by atoms with E-state index in [0.717, 1.165) is 32.1 Å². The van der Waals surface area contributed by atoms with E-state index in [1.807, 2.05) is 12.4 Å². The summed E-state index contributed by atoms with van der Waals surface area (Å²) in [7, 11) is 2.07. The standard InChI is InChI=1S/C25H29N5/c1-20-16-22(21-6-4-3-5-7-21)8-9-24(20)30-15-14-29(19-30)23-10-12-28(17-23)18-25-26-11-13-27(25)2/h3-9,11,13-16,23H,10,12,17-19H2,1-2H3/t23-/m1/s1. The van der Waals surface area contributed by atoms with E-state index in [9.17, 15) is 0 Å². The van der Waals surface area contributed by atoms with Crippen LogP contribution in [0.1, 0.15) is 17.8 Å². The van der Waals surface area contributed by atoms with Crippen molar-refractivity contribution in [2.75, 3.05) is 24.7 Å². The highest BCUT2D eigenvalue weighted by atomic mass is 15.4. The maximum Gasteiger partial charge on any atom is 0.122 e. The molecule has 0 N–H and O–H groups in total. The predicted octanol–water partition coefficient (Wildman–Crippen LogP) is 4.22. The van der Waals surface area contributed by atoms with E-state index >= 15 is 0 Å². The van der Waals surface area contributed by atoms with Crippen molar-refractivity contribution in [3.8, 4) is 11.1 Å². The molecule has 1 saturated heterocycles. The molecule has 30 heavy (non-hydrogen) atoms. The summed E-state index contributed by atoms with van der Waals surface area (Å²) in [6.07, 6.45) is 9.60. The third-order valence-corrected chi connectivity index (χ3v) is 6.37. The van der Waals surface area contributed by atoms with Gasteiger partial charge in [-0.25, -0.2) is 4.98 Å². The summed E-state index contributed by atoms with van der Waals surface area (Å²) in [5, 5.41) is 0. The molecular formula is C25H29N5. The maximum atomic E-state index is 4.48. The molecule has 2 aliphatic heterocycles. The molecule has 0 aliphatic carbocycles. The predicted molar refractivity (Wildman–Crippen MR) is 122 cm³/mol. The second kappa shape index (κ2) is 8.00. The Balaban J connectivity index is 1.22. The molecule has 3 aromatic rings. The number of imidazole rings is 1. The zero-order valence-corrected chi connectivity index (χ0v) is 17.8. The second-order valence-electron chi connectivity index (χ2n) is 8.42. The molecule has 3 heterocycles. The van der Waals surface area contributed by atoms with Gasteiger partial charge in [0.1, 0.15) is 5.82 Å². The summed E-state index contributed by atoms with van der Waals surface area (Å²) in [5.41, 5.74) is 5.14. The molecule has 1 aromatic heterocycles. The Hall–Kier alpha value is -3.05. The van der Waals surface area contributed by atoms with Gasteiger partial charge in [0.15, 0.2) is 0 Å². The molecule has 1 atom stereocenters. The van der Waals surface area contributed by atoms with Crippen LogP contribution in [0.15, 0.2) is 73.3 Å². The topological polar surface area (TPSA) is 27.5 Å². The van der Waals surface area contributed by atoms with E-state index in [1.54, 1.807) is 0 Å². The van der Waals surface area contributed by atoms with E-state index in [1.165, 1.54) is 28.8 Å². The van der Waals surface area contributed by atoms with Crippen LogP contribution in [0.5, 0.6) is 0 Å². The Labute approximate surface area is 178 Å². The average Bonchev–Trinajstić information content (AvgIpc) is 3.51. The molecule has 154 valence electrons. The van der Waals surface area contributed by atoms with Crippen molar-refractivity contribution in [3.05, 3.63) is 84.7 Å². The van der Waals surface area contributed by atoms with Crippen LogP contribution in [0.3, 0.4) is 0 Å². The molecule has 0 saturated carbocycles. The molecule has 5 nitrogen and oxygen atoms in total. The highest BCUT2D eigenvalue weighted by Gasteiger charge is 2.29. The molecule has 0 unspecified atom stereocenters. The fourth-order valence-electron chi connectivity index (χ4n) is 4.59. The number of benzene rings is 2. The van der Waals surface area contributed by atoms with E-state index in [2.05, 4.69) is 99.2 Å². The normalized spacial score (nSPS) is 19.2. The van der Waals surface area contributed by atoms with Crippen LogP contribution in [0.25, 0.3) is 11.1 Å². The Kier molecular flexibility index (Phi) is 5.05. The summed E-state index contributed by atoms with van der Waals surface area (Å²) in [5.74, 6) is 1.14. The van der Waals surface area contributed by atoms with Gasteiger partial charge in [-0.1, -0.05) is 36.4 Å². The van der Waals surface area contributed by atoms with Crippen LogP contribution in [0, 0.1) is 6.92 Å². The average molecular weight is 400 g/mol. The van der Waals surface area contributed by atoms with Crippen molar-refractivity contribution < 1.29 is 0 Å². The van der Waals surface area contributed by atoms with E-state index in [4.69, 9.17) is 0 Å². The largest absolute Gasteiger partial charge is 0.354 e. The Morgan fingerprint density at radius 3 is 2.67 bits per heavy atom. The molecule has 5 heteroatoms. The molecule has 0 bridgehead atoms. The maximum absolute atomic E-state index is 4.48. The fraction of sp³-hybridized carbons (Fsp3) is 0.320. The fourth-order valence-corrected chi connectivity index (χ4v) is 4.59. The third-order valence-electron chi connectivity index (χ3n) is 6.37. The number of aryl methyl sites for hydroxylation is 2. The Bertz CT molecular complexity index is 1040. The molecule has 0 radical (unpaired) electrons. The minimum absolute atomic E-state index is 0.565. The van der Waals surface area contributed by atoms with E-state index < -0.39 is 0 Å². The van der Waals surface area contributed by atoms with Crippen LogP contribution in [-0.2, 0) is 13.6 Å². The lowest BCUT2D eigenvalue weighted by molar-refractivity contribution is 0.261. The number of hydrogen-bond donors (Lipinski definition) is 0.